The summed E-state index contributed by atoms with van der Waals surface area (Å²) in [7, 11) is 0. The van der Waals surface area contributed by atoms with Crippen molar-refractivity contribution >= 4 is 6.09 Å². The van der Waals surface area contributed by atoms with Gasteiger partial charge in [0.1, 0.15) is 18.2 Å². The number of halogens is 1. The molecule has 0 aliphatic carbocycles. The van der Waals surface area contributed by atoms with Crippen LogP contribution >= 0.6 is 0 Å². The molecule has 5 heteroatoms. The largest absolute Gasteiger partial charge is 0.493 e. The number of rotatable bonds is 6. The minimum atomic E-state index is -0.264. The molecule has 2 aromatic rings. The SMILES string of the molecule is O=C(OCc1ccccc1)N1C2C=C(CCOc3ccc(F)cc3)CC1CCC2. The summed E-state index contributed by atoms with van der Waals surface area (Å²) in [6.07, 6.45) is 6.79. The van der Waals surface area contributed by atoms with Crippen molar-refractivity contribution in [1.29, 1.82) is 0 Å². The van der Waals surface area contributed by atoms with Gasteiger partial charge >= 0.3 is 6.09 Å². The topological polar surface area (TPSA) is 38.8 Å². The fraction of sp³-hybridized carbons (Fsp3) is 0.375. The first kappa shape index (κ1) is 19.5. The highest BCUT2D eigenvalue weighted by Gasteiger charge is 2.37. The van der Waals surface area contributed by atoms with Gasteiger partial charge in [-0.15, -0.1) is 0 Å². The molecule has 2 atom stereocenters. The molecule has 0 aromatic heterocycles. The Labute approximate surface area is 170 Å². The Morgan fingerprint density at radius 2 is 1.86 bits per heavy atom. The van der Waals surface area contributed by atoms with E-state index < -0.39 is 0 Å². The van der Waals surface area contributed by atoms with Crippen molar-refractivity contribution in [2.45, 2.75) is 50.8 Å². The fourth-order valence-corrected chi connectivity index (χ4v) is 4.21. The minimum Gasteiger partial charge on any atom is -0.493 e. The van der Waals surface area contributed by atoms with Gasteiger partial charge in [0.05, 0.1) is 12.6 Å². The van der Waals surface area contributed by atoms with E-state index in [1.807, 2.05) is 35.2 Å². The molecule has 2 aromatic carbocycles. The summed E-state index contributed by atoms with van der Waals surface area (Å²) < 4.78 is 24.3. The van der Waals surface area contributed by atoms with Gasteiger partial charge in [-0.05, 0) is 55.5 Å². The highest BCUT2D eigenvalue weighted by atomic mass is 19.1. The van der Waals surface area contributed by atoms with Gasteiger partial charge in [-0.2, -0.15) is 0 Å². The Morgan fingerprint density at radius 1 is 1.07 bits per heavy atom. The first-order valence-electron chi connectivity index (χ1n) is 10.3. The Bertz CT molecular complexity index is 850. The summed E-state index contributed by atoms with van der Waals surface area (Å²) in [4.78, 5) is 14.7. The number of amides is 1. The lowest BCUT2D eigenvalue weighted by molar-refractivity contribution is 0.0477. The van der Waals surface area contributed by atoms with E-state index in [0.29, 0.717) is 19.0 Å². The zero-order valence-corrected chi connectivity index (χ0v) is 16.4. The number of carbonyl (C=O) groups is 1. The van der Waals surface area contributed by atoms with Crippen molar-refractivity contribution in [2.75, 3.05) is 6.61 Å². The number of carbonyl (C=O) groups excluding carboxylic acids is 1. The summed E-state index contributed by atoms with van der Waals surface area (Å²) >= 11 is 0. The molecule has 0 radical (unpaired) electrons. The average molecular weight is 395 g/mol. The number of nitrogens with zero attached hydrogens (tertiary/aromatic N) is 1. The van der Waals surface area contributed by atoms with Crippen molar-refractivity contribution < 1.29 is 18.7 Å². The van der Waals surface area contributed by atoms with Crippen LogP contribution in [0, 0.1) is 5.82 Å². The van der Waals surface area contributed by atoms with Crippen LogP contribution in [-0.2, 0) is 11.3 Å². The van der Waals surface area contributed by atoms with E-state index in [4.69, 9.17) is 9.47 Å². The zero-order chi connectivity index (χ0) is 20.1. The van der Waals surface area contributed by atoms with E-state index in [2.05, 4.69) is 6.08 Å². The lowest BCUT2D eigenvalue weighted by atomic mass is 9.84. The molecule has 2 aliphatic rings. The van der Waals surface area contributed by atoms with E-state index in [9.17, 15) is 9.18 Å². The van der Waals surface area contributed by atoms with Gasteiger partial charge in [0.2, 0.25) is 0 Å². The maximum atomic E-state index is 13.0. The second-order valence-electron chi connectivity index (χ2n) is 7.68. The molecule has 1 saturated heterocycles. The number of fused-ring (bicyclic) bond motifs is 2. The van der Waals surface area contributed by atoms with Crippen molar-refractivity contribution in [2.24, 2.45) is 0 Å². The van der Waals surface area contributed by atoms with Crippen molar-refractivity contribution in [3.8, 4) is 5.75 Å². The summed E-state index contributed by atoms with van der Waals surface area (Å²) in [5.41, 5.74) is 2.33. The predicted octanol–water partition coefficient (Wildman–Crippen LogP) is 5.48. The van der Waals surface area contributed by atoms with E-state index in [0.717, 1.165) is 37.7 Å². The zero-order valence-electron chi connectivity index (χ0n) is 16.4. The van der Waals surface area contributed by atoms with E-state index in [1.165, 1.54) is 17.7 Å². The summed E-state index contributed by atoms with van der Waals surface area (Å²) in [6, 6.07) is 16.2. The van der Waals surface area contributed by atoms with Crippen LogP contribution in [-0.4, -0.2) is 29.7 Å². The van der Waals surface area contributed by atoms with Crippen LogP contribution in [0.4, 0.5) is 9.18 Å². The first-order chi connectivity index (χ1) is 14.2. The van der Waals surface area contributed by atoms with Gasteiger partial charge < -0.3 is 9.47 Å². The molecular weight excluding hydrogens is 369 g/mol. The quantitative estimate of drug-likeness (QED) is 0.608. The van der Waals surface area contributed by atoms with Crippen molar-refractivity contribution in [3.63, 3.8) is 0 Å². The molecule has 29 heavy (non-hydrogen) atoms. The second-order valence-corrected chi connectivity index (χ2v) is 7.68. The molecular formula is C24H26FNO3. The maximum absolute atomic E-state index is 13.0. The number of benzene rings is 2. The van der Waals surface area contributed by atoms with Gasteiger partial charge in [-0.1, -0.05) is 42.0 Å². The molecule has 4 rings (SSSR count). The van der Waals surface area contributed by atoms with Crippen LogP contribution in [0.5, 0.6) is 5.75 Å². The minimum absolute atomic E-state index is 0.103. The highest BCUT2D eigenvalue weighted by Crippen LogP contribution is 2.35. The maximum Gasteiger partial charge on any atom is 0.410 e. The Hall–Kier alpha value is -2.82. The third kappa shape index (κ3) is 4.97. The Balaban J connectivity index is 1.32. The van der Waals surface area contributed by atoms with Gasteiger partial charge in [0.15, 0.2) is 0 Å². The molecule has 2 heterocycles. The van der Waals surface area contributed by atoms with Crippen LogP contribution in [0.2, 0.25) is 0 Å². The lowest BCUT2D eigenvalue weighted by Gasteiger charge is -2.44. The average Bonchev–Trinajstić information content (AvgIpc) is 2.73. The number of piperidine rings is 1. The van der Waals surface area contributed by atoms with Crippen LogP contribution in [0.1, 0.15) is 37.7 Å². The van der Waals surface area contributed by atoms with Crippen LogP contribution in [0.3, 0.4) is 0 Å². The van der Waals surface area contributed by atoms with E-state index >= 15 is 0 Å². The molecule has 152 valence electrons. The van der Waals surface area contributed by atoms with Gasteiger partial charge in [-0.25, -0.2) is 9.18 Å². The molecule has 0 saturated carbocycles. The second kappa shape index (κ2) is 9.12. The standard InChI is InChI=1S/C24H26FNO3/c25-20-9-11-23(12-10-20)28-14-13-19-15-21-7-4-8-22(16-19)26(21)24(27)29-17-18-5-2-1-3-6-18/h1-3,5-6,9-12,15,21-22H,4,7-8,13-14,16-17H2. The molecule has 4 nitrogen and oxygen atoms in total. The lowest BCUT2D eigenvalue weighted by Crippen LogP contribution is -2.51. The van der Waals surface area contributed by atoms with Crippen LogP contribution in [0.25, 0.3) is 0 Å². The summed E-state index contributed by atoms with van der Waals surface area (Å²) in [5, 5.41) is 0. The number of ether oxygens (including phenoxy) is 2. The third-order valence-electron chi connectivity index (χ3n) is 5.64. The van der Waals surface area contributed by atoms with Crippen molar-refractivity contribution in [1.82, 2.24) is 4.90 Å². The molecule has 1 amide bonds. The Morgan fingerprint density at radius 3 is 2.62 bits per heavy atom. The summed E-state index contributed by atoms with van der Waals surface area (Å²) in [6.45, 7) is 0.854. The summed E-state index contributed by atoms with van der Waals surface area (Å²) in [5.74, 6) is 0.411. The number of hydrogen-bond acceptors (Lipinski definition) is 3. The van der Waals surface area contributed by atoms with Gasteiger partial charge in [0.25, 0.3) is 0 Å². The normalized spacial score (nSPS) is 20.7. The van der Waals surface area contributed by atoms with E-state index in [-0.39, 0.29) is 24.0 Å². The molecule has 0 N–H and O–H groups in total. The molecule has 2 unspecified atom stereocenters. The monoisotopic (exact) mass is 395 g/mol. The molecule has 2 aliphatic heterocycles. The third-order valence-corrected chi connectivity index (χ3v) is 5.64. The molecule has 2 bridgehead atoms. The smallest absolute Gasteiger partial charge is 0.410 e. The van der Waals surface area contributed by atoms with Crippen LogP contribution in [0.15, 0.2) is 66.2 Å². The van der Waals surface area contributed by atoms with E-state index in [1.54, 1.807) is 12.1 Å². The molecule has 0 spiro atoms. The highest BCUT2D eigenvalue weighted by molar-refractivity contribution is 5.69. The fourth-order valence-electron chi connectivity index (χ4n) is 4.21. The first-order valence-corrected chi connectivity index (χ1v) is 10.3. The number of hydrogen-bond donors (Lipinski definition) is 0. The van der Waals surface area contributed by atoms with Crippen LogP contribution < -0.4 is 4.74 Å². The molecule has 1 fully saturated rings. The van der Waals surface area contributed by atoms with Crippen molar-refractivity contribution in [3.05, 3.63) is 77.6 Å². The Kier molecular flexibility index (Phi) is 6.13. The van der Waals surface area contributed by atoms with Gasteiger partial charge in [0, 0.05) is 12.5 Å². The predicted molar refractivity (Wildman–Crippen MR) is 109 cm³/mol. The van der Waals surface area contributed by atoms with Gasteiger partial charge in [-0.3, -0.25) is 4.90 Å².